The van der Waals surface area contributed by atoms with Crippen molar-refractivity contribution in [1.82, 2.24) is 25.1 Å². The molecule has 0 spiro atoms. The third kappa shape index (κ3) is 5.46. The van der Waals surface area contributed by atoms with E-state index < -0.39 is 5.60 Å². The number of allylic oxidation sites excluding steroid dienone is 2. The number of hydrogen-bond donors (Lipinski definition) is 3. The molecular weight excluding hydrogens is 466 g/mol. The zero-order valence-corrected chi connectivity index (χ0v) is 21.7. The van der Waals surface area contributed by atoms with Crippen LogP contribution in [-0.2, 0) is 0 Å². The van der Waals surface area contributed by atoms with Crippen molar-refractivity contribution in [2.75, 3.05) is 31.1 Å². The molecule has 1 aliphatic carbocycles. The van der Waals surface area contributed by atoms with Crippen molar-refractivity contribution in [3.05, 3.63) is 66.8 Å². The minimum Gasteiger partial charge on any atom is -0.488 e. The number of benzene rings is 1. The minimum atomic E-state index is -1.00. The second kappa shape index (κ2) is 9.55. The first-order chi connectivity index (χ1) is 17.6. The van der Waals surface area contributed by atoms with Crippen LogP contribution in [0.5, 0.6) is 5.75 Å². The summed E-state index contributed by atoms with van der Waals surface area (Å²) >= 11 is 0. The summed E-state index contributed by atoms with van der Waals surface area (Å²) in [4.78, 5) is 13.4. The molecule has 0 amide bonds. The van der Waals surface area contributed by atoms with Gasteiger partial charge in [0, 0.05) is 37.6 Å². The maximum absolute atomic E-state index is 10.4. The van der Waals surface area contributed by atoms with E-state index in [2.05, 4.69) is 43.5 Å². The van der Waals surface area contributed by atoms with Gasteiger partial charge in [-0.1, -0.05) is 18.7 Å². The van der Waals surface area contributed by atoms with Gasteiger partial charge in [0.2, 0.25) is 0 Å². The summed E-state index contributed by atoms with van der Waals surface area (Å²) in [6.07, 6.45) is 9.02. The molecule has 1 saturated heterocycles. The molecule has 0 radical (unpaired) electrons. The molecule has 3 aromatic rings. The Kier molecular flexibility index (Phi) is 6.41. The molecule has 2 aliphatic rings. The molecule has 2 aromatic heterocycles. The fraction of sp³-hybridized carbons (Fsp3) is 0.393. The van der Waals surface area contributed by atoms with Crippen molar-refractivity contribution in [1.29, 1.82) is 0 Å². The Hall–Kier alpha value is -3.85. The lowest BCUT2D eigenvalue weighted by molar-refractivity contribution is 0.123. The standard InChI is InChI=1S/C28H35N7O2/c1-5-6-19(27(2,3)36)15-24(29)34-11-13-35(14-12-34)25-17-23(30-18-31-25)26-21-16-20(37-28(4)9-10-28)7-8-22(21)32-33-26/h5-8,15-18,36H,1,9-14,29H2,2-4H3,(H,32,33)/b19-6+,24-15+. The number of ether oxygens (including phenoxy) is 1. The number of aromatic nitrogens is 4. The Bertz CT molecular complexity index is 1360. The number of aromatic amines is 1. The fourth-order valence-electron chi connectivity index (χ4n) is 4.46. The topological polar surface area (TPSA) is 116 Å². The zero-order valence-electron chi connectivity index (χ0n) is 21.7. The Balaban J connectivity index is 1.31. The molecule has 4 N–H and O–H groups in total. The largest absolute Gasteiger partial charge is 0.488 e. The van der Waals surface area contributed by atoms with Gasteiger partial charge in [0.15, 0.2) is 0 Å². The predicted molar refractivity (Wildman–Crippen MR) is 146 cm³/mol. The highest BCUT2D eigenvalue weighted by molar-refractivity contribution is 5.93. The summed E-state index contributed by atoms with van der Waals surface area (Å²) in [5, 5.41) is 19.0. The van der Waals surface area contributed by atoms with E-state index in [0.717, 1.165) is 72.9 Å². The molecule has 0 atom stereocenters. The number of rotatable bonds is 8. The summed E-state index contributed by atoms with van der Waals surface area (Å²) in [5.74, 6) is 2.33. The van der Waals surface area contributed by atoms with Gasteiger partial charge in [-0.25, -0.2) is 9.97 Å². The van der Waals surface area contributed by atoms with Crippen LogP contribution in [0.15, 0.2) is 66.8 Å². The van der Waals surface area contributed by atoms with Gasteiger partial charge in [0.05, 0.1) is 22.6 Å². The second-order valence-corrected chi connectivity index (χ2v) is 10.6. The van der Waals surface area contributed by atoms with Crippen molar-refractivity contribution < 1.29 is 9.84 Å². The molecular formula is C28H35N7O2. The lowest BCUT2D eigenvalue weighted by Gasteiger charge is -2.37. The van der Waals surface area contributed by atoms with Crippen molar-refractivity contribution in [2.24, 2.45) is 5.73 Å². The van der Waals surface area contributed by atoms with Crippen LogP contribution in [0, 0.1) is 0 Å². The molecule has 0 unspecified atom stereocenters. The number of fused-ring (bicyclic) bond motifs is 1. The lowest BCUT2D eigenvalue weighted by Crippen LogP contribution is -2.47. The van der Waals surface area contributed by atoms with Crippen LogP contribution in [0.2, 0.25) is 0 Å². The molecule has 2 fully saturated rings. The van der Waals surface area contributed by atoms with Gasteiger partial charge in [-0.3, -0.25) is 5.10 Å². The third-order valence-electron chi connectivity index (χ3n) is 7.02. The number of hydrogen-bond acceptors (Lipinski definition) is 8. The SMILES string of the molecule is C=C/C=C(\C=C(/N)N1CCN(c2cc(-c3n[nH]c4ccc(OC5(C)CC5)cc34)ncn2)CC1)C(C)(C)O. The average Bonchev–Trinajstić information content (AvgIpc) is 3.45. The van der Waals surface area contributed by atoms with Gasteiger partial charge in [-0.2, -0.15) is 5.10 Å². The first kappa shape index (κ1) is 24.8. The van der Waals surface area contributed by atoms with E-state index in [-0.39, 0.29) is 5.60 Å². The Morgan fingerprint density at radius 2 is 1.95 bits per heavy atom. The van der Waals surface area contributed by atoms with Gasteiger partial charge in [0.1, 0.15) is 29.2 Å². The van der Waals surface area contributed by atoms with Gasteiger partial charge < -0.3 is 25.4 Å². The van der Waals surface area contributed by atoms with Crippen LogP contribution in [-0.4, -0.2) is 67.6 Å². The van der Waals surface area contributed by atoms with E-state index in [1.165, 1.54) is 0 Å². The highest BCUT2D eigenvalue weighted by Crippen LogP contribution is 2.40. The van der Waals surface area contributed by atoms with E-state index in [0.29, 0.717) is 11.4 Å². The van der Waals surface area contributed by atoms with E-state index in [9.17, 15) is 5.11 Å². The van der Waals surface area contributed by atoms with Crippen LogP contribution >= 0.6 is 0 Å². The number of nitrogens with one attached hydrogen (secondary N) is 1. The average molecular weight is 502 g/mol. The number of nitrogens with zero attached hydrogens (tertiary/aromatic N) is 5. The Morgan fingerprint density at radius 1 is 1.19 bits per heavy atom. The molecule has 1 aliphatic heterocycles. The number of nitrogens with two attached hydrogens (primary N) is 1. The third-order valence-corrected chi connectivity index (χ3v) is 7.02. The van der Waals surface area contributed by atoms with E-state index in [1.54, 1.807) is 32.3 Å². The monoisotopic (exact) mass is 501 g/mol. The molecule has 3 heterocycles. The van der Waals surface area contributed by atoms with Crippen LogP contribution in [0.1, 0.15) is 33.6 Å². The molecule has 0 bridgehead atoms. The summed E-state index contributed by atoms with van der Waals surface area (Å²) in [6.45, 7) is 12.3. The van der Waals surface area contributed by atoms with Crippen LogP contribution in [0.3, 0.4) is 0 Å². The number of anilines is 1. The number of piperazine rings is 1. The molecule has 194 valence electrons. The molecule has 9 heteroatoms. The molecule has 1 aromatic carbocycles. The van der Waals surface area contributed by atoms with Crippen molar-refractivity contribution in [2.45, 2.75) is 44.8 Å². The first-order valence-electron chi connectivity index (χ1n) is 12.7. The lowest BCUT2D eigenvalue weighted by atomic mass is 9.97. The second-order valence-electron chi connectivity index (χ2n) is 10.6. The maximum atomic E-state index is 10.4. The molecule has 5 rings (SSSR count). The summed E-state index contributed by atoms with van der Waals surface area (Å²) in [6, 6.07) is 8.01. The van der Waals surface area contributed by atoms with Crippen molar-refractivity contribution in [3.8, 4) is 17.1 Å². The molecule has 1 saturated carbocycles. The summed E-state index contributed by atoms with van der Waals surface area (Å²) in [5.41, 5.74) is 8.54. The van der Waals surface area contributed by atoms with Gasteiger partial charge in [-0.05, 0) is 63.5 Å². The van der Waals surface area contributed by atoms with Crippen LogP contribution < -0.4 is 15.4 Å². The van der Waals surface area contributed by atoms with Crippen LogP contribution in [0.4, 0.5) is 5.82 Å². The predicted octanol–water partition coefficient (Wildman–Crippen LogP) is 3.76. The van der Waals surface area contributed by atoms with E-state index >= 15 is 0 Å². The van der Waals surface area contributed by atoms with Crippen LogP contribution in [0.25, 0.3) is 22.3 Å². The van der Waals surface area contributed by atoms with E-state index in [4.69, 9.17) is 10.5 Å². The minimum absolute atomic E-state index is 0.0435. The highest BCUT2D eigenvalue weighted by atomic mass is 16.5. The van der Waals surface area contributed by atoms with Crippen molar-refractivity contribution >= 4 is 16.7 Å². The molecule has 9 nitrogen and oxygen atoms in total. The normalized spacial score (nSPS) is 18.3. The summed E-state index contributed by atoms with van der Waals surface area (Å²) in [7, 11) is 0. The van der Waals surface area contributed by atoms with Gasteiger partial charge in [0.25, 0.3) is 0 Å². The number of H-pyrrole nitrogens is 1. The smallest absolute Gasteiger partial charge is 0.132 e. The van der Waals surface area contributed by atoms with Gasteiger partial charge in [-0.15, -0.1) is 0 Å². The maximum Gasteiger partial charge on any atom is 0.132 e. The Morgan fingerprint density at radius 3 is 2.62 bits per heavy atom. The van der Waals surface area contributed by atoms with Gasteiger partial charge >= 0.3 is 0 Å². The van der Waals surface area contributed by atoms with E-state index in [1.807, 2.05) is 30.3 Å². The Labute approximate surface area is 217 Å². The highest BCUT2D eigenvalue weighted by Gasteiger charge is 2.40. The summed E-state index contributed by atoms with van der Waals surface area (Å²) < 4.78 is 6.16. The number of aliphatic hydroxyl groups is 1. The fourth-order valence-corrected chi connectivity index (χ4v) is 4.46. The first-order valence-corrected chi connectivity index (χ1v) is 12.7. The molecule has 37 heavy (non-hydrogen) atoms. The zero-order chi connectivity index (χ0) is 26.2. The quantitative estimate of drug-likeness (QED) is 0.400. The van der Waals surface area contributed by atoms with Crippen molar-refractivity contribution in [3.63, 3.8) is 0 Å².